The predicted octanol–water partition coefficient (Wildman–Crippen LogP) is 6.91. The number of rotatable bonds is 11. The zero-order chi connectivity index (χ0) is 33.6. The van der Waals surface area contributed by atoms with Crippen LogP contribution in [0.1, 0.15) is 83.9 Å². The standard InChI is InChI=1S/C38H39N3O6S/c42-34(29-5-3-4-26(22-29)23-41-20-18-28(19-21-41)38(46)47)40-36-33(31-6-1-2-7-32(31)48-36)35(43)39-30-16-12-25(13-17-30)9-8-24-10-14-27(15-11-24)37(44)45/h3-5,10-17,22,28H,1-2,6-9,18-21,23H2,(H,39,43)(H,40,42)(H,44,45)(H,46,47). The molecule has 1 aliphatic carbocycles. The van der Waals surface area contributed by atoms with Gasteiger partial charge in [0.1, 0.15) is 5.00 Å². The Morgan fingerprint density at radius 3 is 2.08 bits per heavy atom. The number of carbonyl (C=O) groups excluding carboxylic acids is 2. The Bertz CT molecular complexity index is 1810. The van der Waals surface area contributed by atoms with E-state index < -0.39 is 11.9 Å². The molecule has 6 rings (SSSR count). The van der Waals surface area contributed by atoms with Crippen molar-refractivity contribution in [1.29, 1.82) is 0 Å². The minimum absolute atomic E-state index is 0.241. The first-order valence-corrected chi connectivity index (χ1v) is 17.3. The smallest absolute Gasteiger partial charge is 0.335 e. The molecule has 0 atom stereocenters. The van der Waals surface area contributed by atoms with E-state index in [1.54, 1.807) is 18.2 Å². The molecular weight excluding hydrogens is 627 g/mol. The van der Waals surface area contributed by atoms with Crippen molar-refractivity contribution in [2.45, 2.75) is 57.9 Å². The van der Waals surface area contributed by atoms with Crippen LogP contribution in [0.15, 0.2) is 72.8 Å². The first-order valence-electron chi connectivity index (χ1n) is 16.5. The van der Waals surface area contributed by atoms with Crippen LogP contribution in [0.25, 0.3) is 0 Å². The summed E-state index contributed by atoms with van der Waals surface area (Å²) in [5.41, 5.74) is 6.14. The number of nitrogens with zero attached hydrogens (tertiary/aromatic N) is 1. The van der Waals surface area contributed by atoms with Crippen molar-refractivity contribution in [3.05, 3.63) is 117 Å². The molecule has 0 spiro atoms. The van der Waals surface area contributed by atoms with Gasteiger partial charge in [0.2, 0.25) is 0 Å². The van der Waals surface area contributed by atoms with Crippen LogP contribution in [0.5, 0.6) is 0 Å². The van der Waals surface area contributed by atoms with Crippen molar-refractivity contribution in [2.75, 3.05) is 23.7 Å². The number of carboxylic acid groups (broad SMARTS) is 2. The summed E-state index contributed by atoms with van der Waals surface area (Å²) >= 11 is 1.49. The number of carboxylic acids is 2. The van der Waals surface area contributed by atoms with Crippen molar-refractivity contribution < 1.29 is 29.4 Å². The van der Waals surface area contributed by atoms with Crippen molar-refractivity contribution in [3.8, 4) is 0 Å². The second-order valence-electron chi connectivity index (χ2n) is 12.6. The summed E-state index contributed by atoms with van der Waals surface area (Å²) < 4.78 is 0. The predicted molar refractivity (Wildman–Crippen MR) is 186 cm³/mol. The first-order chi connectivity index (χ1) is 23.2. The minimum Gasteiger partial charge on any atom is -0.481 e. The largest absolute Gasteiger partial charge is 0.481 e. The van der Waals surface area contributed by atoms with Crippen LogP contribution in [0.4, 0.5) is 10.7 Å². The molecule has 0 radical (unpaired) electrons. The van der Waals surface area contributed by atoms with E-state index in [0.29, 0.717) is 54.3 Å². The highest BCUT2D eigenvalue weighted by atomic mass is 32.1. The van der Waals surface area contributed by atoms with E-state index in [1.165, 1.54) is 11.3 Å². The molecule has 248 valence electrons. The number of hydrogen-bond donors (Lipinski definition) is 4. The molecule has 0 saturated carbocycles. The zero-order valence-corrected chi connectivity index (χ0v) is 27.5. The van der Waals surface area contributed by atoms with E-state index in [-0.39, 0.29) is 23.3 Å². The van der Waals surface area contributed by atoms with Crippen LogP contribution in [0, 0.1) is 5.92 Å². The summed E-state index contributed by atoms with van der Waals surface area (Å²) in [4.78, 5) is 53.1. The quantitative estimate of drug-likeness (QED) is 0.137. The van der Waals surface area contributed by atoms with Gasteiger partial charge in [-0.3, -0.25) is 19.3 Å². The lowest BCUT2D eigenvalue weighted by Crippen LogP contribution is -2.35. The molecule has 10 heteroatoms. The van der Waals surface area contributed by atoms with Gasteiger partial charge in [-0.2, -0.15) is 0 Å². The average molecular weight is 666 g/mol. The third-order valence-corrected chi connectivity index (χ3v) is 10.5. The van der Waals surface area contributed by atoms with Gasteiger partial charge in [0, 0.05) is 22.7 Å². The SMILES string of the molecule is O=C(O)c1ccc(CCc2ccc(NC(=O)c3c(NC(=O)c4cccc(CN5CCC(C(=O)O)CC5)c4)sc4c3CCCC4)cc2)cc1. The number of aromatic carboxylic acids is 1. The molecule has 2 amide bonds. The number of benzene rings is 3. The van der Waals surface area contributed by atoms with Crippen LogP contribution in [0.2, 0.25) is 0 Å². The van der Waals surface area contributed by atoms with Crippen molar-refractivity contribution in [2.24, 2.45) is 5.92 Å². The molecule has 2 aliphatic rings. The van der Waals surface area contributed by atoms with Gasteiger partial charge in [0.25, 0.3) is 11.8 Å². The summed E-state index contributed by atoms with van der Waals surface area (Å²) in [6.45, 7) is 2.06. The van der Waals surface area contributed by atoms with Crippen molar-refractivity contribution in [1.82, 2.24) is 4.90 Å². The molecule has 9 nitrogen and oxygen atoms in total. The lowest BCUT2D eigenvalue weighted by Gasteiger charge is -2.30. The molecular formula is C38H39N3O6S. The zero-order valence-electron chi connectivity index (χ0n) is 26.7. The highest BCUT2D eigenvalue weighted by molar-refractivity contribution is 7.17. The van der Waals surface area contributed by atoms with Gasteiger partial charge in [-0.1, -0.05) is 36.4 Å². The molecule has 4 aromatic rings. The van der Waals surface area contributed by atoms with Gasteiger partial charge in [0.05, 0.1) is 17.0 Å². The van der Waals surface area contributed by atoms with E-state index in [4.69, 9.17) is 5.11 Å². The van der Waals surface area contributed by atoms with Crippen molar-refractivity contribution >= 4 is 45.8 Å². The van der Waals surface area contributed by atoms with Crippen LogP contribution in [0.3, 0.4) is 0 Å². The number of anilines is 2. The monoisotopic (exact) mass is 665 g/mol. The molecule has 4 N–H and O–H groups in total. The number of hydrogen-bond acceptors (Lipinski definition) is 6. The highest BCUT2D eigenvalue weighted by Gasteiger charge is 2.27. The molecule has 1 aliphatic heterocycles. The van der Waals surface area contributed by atoms with Gasteiger partial charge >= 0.3 is 11.9 Å². The third-order valence-electron chi connectivity index (χ3n) is 9.27. The Morgan fingerprint density at radius 1 is 0.750 bits per heavy atom. The Labute approximate surface area is 283 Å². The lowest BCUT2D eigenvalue weighted by atomic mass is 9.95. The topological polar surface area (TPSA) is 136 Å². The number of amides is 2. The van der Waals surface area contributed by atoms with Crippen molar-refractivity contribution in [3.63, 3.8) is 0 Å². The number of thiophene rings is 1. The second kappa shape index (κ2) is 15.0. The maximum absolute atomic E-state index is 13.8. The van der Waals surface area contributed by atoms with Gasteiger partial charge in [-0.15, -0.1) is 11.3 Å². The van der Waals surface area contributed by atoms with Crippen LogP contribution < -0.4 is 10.6 Å². The normalized spacial score (nSPS) is 15.0. The minimum atomic E-state index is -0.939. The molecule has 2 heterocycles. The van der Waals surface area contributed by atoms with Gasteiger partial charge < -0.3 is 20.8 Å². The Balaban J connectivity index is 1.10. The Kier molecular flexibility index (Phi) is 10.3. The number of fused-ring (bicyclic) bond motifs is 1. The van der Waals surface area contributed by atoms with Gasteiger partial charge in [0.15, 0.2) is 0 Å². The highest BCUT2D eigenvalue weighted by Crippen LogP contribution is 2.39. The van der Waals surface area contributed by atoms with Crippen LogP contribution >= 0.6 is 11.3 Å². The number of likely N-dealkylation sites (tertiary alicyclic amines) is 1. The number of piperidine rings is 1. The molecule has 1 aromatic heterocycles. The summed E-state index contributed by atoms with van der Waals surface area (Å²) in [7, 11) is 0. The molecule has 1 saturated heterocycles. The number of aryl methyl sites for hydroxylation is 3. The number of nitrogens with one attached hydrogen (secondary N) is 2. The summed E-state index contributed by atoms with van der Waals surface area (Å²) in [6.07, 6.45) is 6.53. The molecule has 1 fully saturated rings. The molecule has 48 heavy (non-hydrogen) atoms. The van der Waals surface area contributed by atoms with E-state index in [2.05, 4.69) is 15.5 Å². The number of carbonyl (C=O) groups is 4. The number of aliphatic carboxylic acids is 1. The Morgan fingerprint density at radius 2 is 1.42 bits per heavy atom. The summed E-state index contributed by atoms with van der Waals surface area (Å²) in [6, 6.07) is 22.1. The van der Waals surface area contributed by atoms with E-state index in [1.807, 2.05) is 54.6 Å². The Hall–Kier alpha value is -4.80. The second-order valence-corrected chi connectivity index (χ2v) is 13.7. The lowest BCUT2D eigenvalue weighted by molar-refractivity contribution is -0.143. The fourth-order valence-corrected chi connectivity index (χ4v) is 7.81. The maximum atomic E-state index is 13.8. The van der Waals surface area contributed by atoms with E-state index in [9.17, 15) is 24.3 Å². The summed E-state index contributed by atoms with van der Waals surface area (Å²) in [5, 5.41) is 25.1. The van der Waals surface area contributed by atoms with Gasteiger partial charge in [-0.25, -0.2) is 4.79 Å². The van der Waals surface area contributed by atoms with Crippen LogP contribution in [-0.4, -0.2) is 52.0 Å². The first kappa shape index (κ1) is 33.1. The molecule has 3 aromatic carbocycles. The van der Waals surface area contributed by atoms with Crippen LogP contribution in [-0.2, 0) is 37.0 Å². The fraction of sp³-hybridized carbons (Fsp3) is 0.316. The van der Waals surface area contributed by atoms with E-state index >= 15 is 0 Å². The maximum Gasteiger partial charge on any atom is 0.335 e. The molecule has 0 bridgehead atoms. The average Bonchev–Trinajstić information content (AvgIpc) is 3.46. The van der Waals surface area contributed by atoms with E-state index in [0.717, 1.165) is 65.7 Å². The third kappa shape index (κ3) is 8.00. The molecule has 0 unspecified atom stereocenters. The fourth-order valence-electron chi connectivity index (χ4n) is 6.53. The summed E-state index contributed by atoms with van der Waals surface area (Å²) in [5.74, 6) is -2.47. The van der Waals surface area contributed by atoms with Gasteiger partial charge in [-0.05, 0) is 123 Å².